The summed E-state index contributed by atoms with van der Waals surface area (Å²) < 4.78 is 2.46. The van der Waals surface area contributed by atoms with Crippen molar-refractivity contribution in [3.8, 4) is 39.3 Å². The van der Waals surface area contributed by atoms with E-state index >= 15 is 0 Å². The first kappa shape index (κ1) is 34.8. The number of para-hydroxylation sites is 1. The Morgan fingerprint density at radius 2 is 1.45 bits per heavy atom. The predicted molar refractivity (Wildman–Crippen MR) is 248 cm³/mol. The van der Waals surface area contributed by atoms with E-state index in [1.165, 1.54) is 77.2 Å². The van der Waals surface area contributed by atoms with E-state index in [1.807, 2.05) is 12.3 Å². The van der Waals surface area contributed by atoms with Gasteiger partial charge in [-0.05, 0) is 99.5 Å². The van der Waals surface area contributed by atoms with E-state index in [1.54, 1.807) is 0 Å². The third-order valence-corrected chi connectivity index (χ3v) is 13.3. The summed E-state index contributed by atoms with van der Waals surface area (Å²) in [7, 11) is 0. The van der Waals surface area contributed by atoms with Crippen molar-refractivity contribution in [2.45, 2.75) is 43.9 Å². The van der Waals surface area contributed by atoms with E-state index in [0.29, 0.717) is 5.92 Å². The number of nitrogens with zero attached hydrogens (tertiary/aromatic N) is 4. The number of fused-ring (bicyclic) bond motifs is 8. The highest BCUT2D eigenvalue weighted by Crippen LogP contribution is 2.54. The molecule has 0 N–H and O–H groups in total. The van der Waals surface area contributed by atoms with Crippen LogP contribution in [0.4, 0.5) is 0 Å². The predicted octanol–water partition coefficient (Wildman–Crippen LogP) is 13.9. The molecule has 0 amide bonds. The molecule has 3 heterocycles. The molecule has 4 heteroatoms. The number of rotatable bonds is 5. The summed E-state index contributed by atoms with van der Waals surface area (Å²) >= 11 is 0. The van der Waals surface area contributed by atoms with E-state index in [0.717, 1.165) is 41.3 Å². The van der Waals surface area contributed by atoms with Crippen LogP contribution >= 0.6 is 0 Å². The molecule has 0 radical (unpaired) electrons. The number of hydrogen-bond donors (Lipinski definition) is 0. The summed E-state index contributed by atoms with van der Waals surface area (Å²) in [6.45, 7) is 4.69. The van der Waals surface area contributed by atoms with Crippen LogP contribution in [0.3, 0.4) is 0 Å². The number of hydrogen-bond acceptors (Lipinski definition) is 3. The van der Waals surface area contributed by atoms with Gasteiger partial charge in [-0.1, -0.05) is 147 Å². The van der Waals surface area contributed by atoms with Crippen LogP contribution in [0.15, 0.2) is 176 Å². The van der Waals surface area contributed by atoms with Gasteiger partial charge in [-0.15, -0.1) is 0 Å². The quantitative estimate of drug-likeness (QED) is 0.175. The molecule has 9 aromatic rings. The van der Waals surface area contributed by atoms with Crippen LogP contribution in [0.25, 0.3) is 78.0 Å². The lowest BCUT2D eigenvalue weighted by molar-refractivity contribution is 0.618. The smallest absolute Gasteiger partial charge is 0.137 e. The van der Waals surface area contributed by atoms with Crippen molar-refractivity contribution in [3.63, 3.8) is 0 Å². The minimum atomic E-state index is -0.370. The second-order valence-corrected chi connectivity index (χ2v) is 17.0. The van der Waals surface area contributed by atoms with Crippen LogP contribution in [0.1, 0.15) is 72.3 Å². The fourth-order valence-electron chi connectivity index (χ4n) is 10.3. The van der Waals surface area contributed by atoms with Crippen molar-refractivity contribution < 1.29 is 0 Å². The summed E-state index contributed by atoms with van der Waals surface area (Å²) in [5.74, 6) is 1.09. The van der Waals surface area contributed by atoms with Gasteiger partial charge in [-0.3, -0.25) is 4.98 Å². The van der Waals surface area contributed by atoms with E-state index in [-0.39, 0.29) is 11.3 Å². The molecule has 3 aliphatic carbocycles. The standard InChI is InChI=1S/C56H42N4/c1-56(2)47-34-44(36-19-7-4-8-20-36)43(35-17-5-3-6-18-35)33-46(47)52-53(48-27-13-14-30-57-48)58-55(59-54(52)56)42-26-15-25-40-39(42)24-16-29-50(40)60-49-28-12-11-23-41(49)45-31-37-21-9-10-22-38(37)32-51(45)60/h3-19,21-25,27-34,36,42H,20,26H2,1-2H3. The first-order valence-electron chi connectivity index (χ1n) is 21.2. The molecule has 0 fully saturated rings. The molecule has 2 atom stereocenters. The molecule has 0 aliphatic heterocycles. The van der Waals surface area contributed by atoms with Crippen LogP contribution in [-0.2, 0) is 5.41 Å². The lowest BCUT2D eigenvalue weighted by atomic mass is 9.79. The summed E-state index contributed by atoms with van der Waals surface area (Å²) in [6.07, 6.45) is 17.3. The van der Waals surface area contributed by atoms with Gasteiger partial charge in [0.1, 0.15) is 11.5 Å². The zero-order valence-electron chi connectivity index (χ0n) is 33.7. The van der Waals surface area contributed by atoms with Crippen molar-refractivity contribution in [2.24, 2.45) is 0 Å². The maximum absolute atomic E-state index is 5.70. The second-order valence-electron chi connectivity index (χ2n) is 17.0. The third kappa shape index (κ3) is 5.26. The zero-order chi connectivity index (χ0) is 40.0. The van der Waals surface area contributed by atoms with Gasteiger partial charge in [0.15, 0.2) is 0 Å². The average Bonchev–Trinajstić information content (AvgIpc) is 3.74. The average molecular weight is 771 g/mol. The van der Waals surface area contributed by atoms with Crippen LogP contribution in [0.5, 0.6) is 0 Å². The Morgan fingerprint density at radius 3 is 2.28 bits per heavy atom. The Labute approximate surface area is 349 Å². The zero-order valence-corrected chi connectivity index (χ0v) is 33.7. The van der Waals surface area contributed by atoms with Crippen molar-refractivity contribution in [1.82, 2.24) is 19.5 Å². The SMILES string of the molecule is CC1(C)c2cc(C3C=CC=CC3)c(-c3ccccc3)cc2-c2c(-c3ccccn3)nc(C3CC=Cc4c3cccc4-n3c4ccccc4c4cc5ccccc5cc43)nc21. The van der Waals surface area contributed by atoms with Gasteiger partial charge in [-0.2, -0.15) is 0 Å². The van der Waals surface area contributed by atoms with Crippen molar-refractivity contribution in [2.75, 3.05) is 0 Å². The highest BCUT2D eigenvalue weighted by molar-refractivity contribution is 6.13. The minimum Gasteiger partial charge on any atom is -0.309 e. The van der Waals surface area contributed by atoms with E-state index in [9.17, 15) is 0 Å². The van der Waals surface area contributed by atoms with Crippen LogP contribution in [0.2, 0.25) is 0 Å². The fourth-order valence-corrected chi connectivity index (χ4v) is 10.3. The molecule has 12 rings (SSSR count). The van der Waals surface area contributed by atoms with Gasteiger partial charge in [-0.25, -0.2) is 9.97 Å². The van der Waals surface area contributed by atoms with Crippen molar-refractivity contribution >= 4 is 38.7 Å². The molecule has 3 aliphatic rings. The fraction of sp³-hybridized carbons (Fsp3) is 0.125. The lowest BCUT2D eigenvalue weighted by Crippen LogP contribution is -2.20. The van der Waals surface area contributed by atoms with Gasteiger partial charge in [0, 0.05) is 45.3 Å². The van der Waals surface area contributed by atoms with E-state index in [2.05, 4.69) is 188 Å². The Balaban J connectivity index is 1.06. The Morgan fingerprint density at radius 1 is 0.633 bits per heavy atom. The molecule has 6 aromatic carbocycles. The lowest BCUT2D eigenvalue weighted by Gasteiger charge is -2.27. The van der Waals surface area contributed by atoms with Crippen LogP contribution in [-0.4, -0.2) is 19.5 Å². The van der Waals surface area contributed by atoms with Crippen LogP contribution in [0, 0.1) is 0 Å². The molecule has 60 heavy (non-hydrogen) atoms. The van der Waals surface area contributed by atoms with Gasteiger partial charge in [0.2, 0.25) is 0 Å². The Hall–Kier alpha value is -7.17. The molecule has 0 spiro atoms. The van der Waals surface area contributed by atoms with Gasteiger partial charge in [0.05, 0.1) is 28.1 Å². The molecular weight excluding hydrogens is 729 g/mol. The van der Waals surface area contributed by atoms with Crippen LogP contribution < -0.4 is 0 Å². The number of benzene rings is 6. The molecule has 4 nitrogen and oxygen atoms in total. The number of allylic oxidation sites excluding steroid dienone is 5. The third-order valence-electron chi connectivity index (χ3n) is 13.3. The topological polar surface area (TPSA) is 43.6 Å². The Bertz CT molecular complexity index is 3290. The minimum absolute atomic E-state index is 0.0410. The van der Waals surface area contributed by atoms with Crippen molar-refractivity contribution in [1.29, 1.82) is 0 Å². The Kier molecular flexibility index (Phi) is 7.80. The largest absolute Gasteiger partial charge is 0.309 e. The first-order chi connectivity index (χ1) is 29.5. The van der Waals surface area contributed by atoms with Gasteiger partial charge in [0.25, 0.3) is 0 Å². The van der Waals surface area contributed by atoms with Gasteiger partial charge >= 0.3 is 0 Å². The monoisotopic (exact) mass is 770 g/mol. The second kappa shape index (κ2) is 13.4. The number of aromatic nitrogens is 4. The molecule has 2 unspecified atom stereocenters. The maximum Gasteiger partial charge on any atom is 0.137 e. The van der Waals surface area contributed by atoms with E-state index < -0.39 is 0 Å². The summed E-state index contributed by atoms with van der Waals surface area (Å²) in [5, 5.41) is 5.00. The van der Waals surface area contributed by atoms with Gasteiger partial charge < -0.3 is 4.57 Å². The molecule has 286 valence electrons. The normalized spacial score (nSPS) is 17.3. The first-order valence-corrected chi connectivity index (χ1v) is 21.2. The summed E-state index contributed by atoms with van der Waals surface area (Å²) in [5.41, 5.74) is 15.9. The molecule has 0 bridgehead atoms. The van der Waals surface area contributed by atoms with E-state index in [4.69, 9.17) is 15.0 Å². The maximum atomic E-state index is 5.70. The number of pyridine rings is 1. The molecule has 0 saturated carbocycles. The molecule has 3 aromatic heterocycles. The highest BCUT2D eigenvalue weighted by atomic mass is 15.0. The summed E-state index contributed by atoms with van der Waals surface area (Å²) in [4.78, 5) is 16.3. The summed E-state index contributed by atoms with van der Waals surface area (Å²) in [6, 6.07) is 50.9. The molecule has 0 saturated heterocycles. The van der Waals surface area contributed by atoms with Crippen molar-refractivity contribution in [3.05, 3.63) is 210 Å². The molecular formula is C56H42N4. The highest BCUT2D eigenvalue weighted by Gasteiger charge is 2.42.